The third-order valence-electron chi connectivity index (χ3n) is 5.54. The van der Waals surface area contributed by atoms with E-state index in [1.165, 1.54) is 10.1 Å². The summed E-state index contributed by atoms with van der Waals surface area (Å²) in [5.41, 5.74) is 3.11. The summed E-state index contributed by atoms with van der Waals surface area (Å²) in [5.74, 6) is -0.200. The molecular weight excluding hydrogens is 412 g/mol. The lowest BCUT2D eigenvalue weighted by Crippen LogP contribution is -2.40. The molecule has 1 saturated heterocycles. The SMILES string of the molecule is CC1CN(Cc2cccc(CNC(=O)c3ccc4c(=O)n(C)c(=S)[nH]c4c3)c2)CCO1. The maximum atomic E-state index is 12.7. The van der Waals surface area contributed by atoms with E-state index in [2.05, 4.69) is 34.3 Å². The van der Waals surface area contributed by atoms with Gasteiger partial charge in [-0.2, -0.15) is 0 Å². The predicted molar refractivity (Wildman–Crippen MR) is 123 cm³/mol. The maximum Gasteiger partial charge on any atom is 0.261 e. The van der Waals surface area contributed by atoms with Gasteiger partial charge in [0.15, 0.2) is 4.77 Å². The van der Waals surface area contributed by atoms with Crippen LogP contribution in [0.3, 0.4) is 0 Å². The van der Waals surface area contributed by atoms with Gasteiger partial charge in [0.25, 0.3) is 11.5 Å². The second-order valence-corrected chi connectivity index (χ2v) is 8.36. The summed E-state index contributed by atoms with van der Waals surface area (Å²) < 4.78 is 7.30. The highest BCUT2D eigenvalue weighted by molar-refractivity contribution is 7.71. The van der Waals surface area contributed by atoms with Crippen molar-refractivity contribution in [2.24, 2.45) is 7.05 Å². The molecule has 8 heteroatoms. The molecular formula is C23H26N4O3S. The lowest BCUT2D eigenvalue weighted by Gasteiger charge is -2.31. The number of rotatable bonds is 5. The zero-order valence-electron chi connectivity index (χ0n) is 17.7. The van der Waals surface area contributed by atoms with Gasteiger partial charge in [-0.3, -0.25) is 19.1 Å². The highest BCUT2D eigenvalue weighted by Gasteiger charge is 2.16. The number of benzene rings is 2. The summed E-state index contributed by atoms with van der Waals surface area (Å²) in [6.07, 6.45) is 0.257. The Bertz CT molecular complexity index is 1230. The Hall–Kier alpha value is -2.81. The van der Waals surface area contributed by atoms with Gasteiger partial charge in [0.1, 0.15) is 0 Å². The van der Waals surface area contributed by atoms with Gasteiger partial charge in [0, 0.05) is 38.8 Å². The first kappa shape index (κ1) is 21.4. The van der Waals surface area contributed by atoms with Crippen LogP contribution < -0.4 is 10.9 Å². The summed E-state index contributed by atoms with van der Waals surface area (Å²) in [4.78, 5) is 30.4. The first-order valence-corrected chi connectivity index (χ1v) is 10.7. The van der Waals surface area contributed by atoms with Crippen LogP contribution in [-0.2, 0) is 24.9 Å². The first-order valence-electron chi connectivity index (χ1n) is 10.3. The second kappa shape index (κ2) is 9.13. The largest absolute Gasteiger partial charge is 0.376 e. The highest BCUT2D eigenvalue weighted by Crippen LogP contribution is 2.13. The van der Waals surface area contributed by atoms with Crippen LogP contribution >= 0.6 is 12.2 Å². The van der Waals surface area contributed by atoms with E-state index in [9.17, 15) is 9.59 Å². The van der Waals surface area contributed by atoms with Crippen LogP contribution in [0.4, 0.5) is 0 Å². The standard InChI is InChI=1S/C23H26N4O3S/c1-15-13-27(8-9-30-15)14-17-5-3-4-16(10-17)12-24-21(28)18-6-7-19-20(11-18)25-23(31)26(2)22(19)29/h3-7,10-11,15H,8-9,12-14H2,1-2H3,(H,24,28)(H,25,31). The minimum Gasteiger partial charge on any atom is -0.376 e. The molecule has 2 aromatic carbocycles. The van der Waals surface area contributed by atoms with E-state index in [0.29, 0.717) is 27.8 Å². The van der Waals surface area contributed by atoms with Crippen molar-refractivity contribution < 1.29 is 9.53 Å². The summed E-state index contributed by atoms with van der Waals surface area (Å²) in [6, 6.07) is 13.2. The van der Waals surface area contributed by atoms with E-state index in [-0.39, 0.29) is 17.6 Å². The quantitative estimate of drug-likeness (QED) is 0.599. The Kier molecular flexibility index (Phi) is 6.31. The number of nitrogens with one attached hydrogen (secondary N) is 2. The maximum absolute atomic E-state index is 12.7. The van der Waals surface area contributed by atoms with E-state index >= 15 is 0 Å². The molecule has 1 aliphatic rings. The van der Waals surface area contributed by atoms with E-state index in [0.717, 1.165) is 31.8 Å². The van der Waals surface area contributed by atoms with Crippen LogP contribution in [0.1, 0.15) is 28.4 Å². The van der Waals surface area contributed by atoms with Crippen molar-refractivity contribution in [1.82, 2.24) is 19.8 Å². The molecule has 31 heavy (non-hydrogen) atoms. The van der Waals surface area contributed by atoms with Crippen molar-refractivity contribution in [3.8, 4) is 0 Å². The van der Waals surface area contributed by atoms with Crippen LogP contribution in [-0.4, -0.2) is 46.2 Å². The molecule has 1 fully saturated rings. The van der Waals surface area contributed by atoms with Gasteiger partial charge in [0.05, 0.1) is 23.6 Å². The Balaban J connectivity index is 1.43. The lowest BCUT2D eigenvalue weighted by atomic mass is 10.1. The number of amides is 1. The third kappa shape index (κ3) is 4.92. The van der Waals surface area contributed by atoms with E-state index in [1.54, 1.807) is 25.2 Å². The van der Waals surface area contributed by atoms with Crippen molar-refractivity contribution in [3.63, 3.8) is 0 Å². The van der Waals surface area contributed by atoms with E-state index in [4.69, 9.17) is 17.0 Å². The van der Waals surface area contributed by atoms with Gasteiger partial charge in [0.2, 0.25) is 0 Å². The molecule has 0 bridgehead atoms. The number of carbonyl (C=O) groups is 1. The normalized spacial score (nSPS) is 17.0. The Morgan fingerprint density at radius 2 is 2.06 bits per heavy atom. The van der Waals surface area contributed by atoms with E-state index < -0.39 is 0 Å². The van der Waals surface area contributed by atoms with Gasteiger partial charge >= 0.3 is 0 Å². The molecule has 1 unspecified atom stereocenters. The van der Waals surface area contributed by atoms with Gasteiger partial charge in [-0.05, 0) is 48.5 Å². The number of carbonyl (C=O) groups excluding carboxylic acids is 1. The smallest absolute Gasteiger partial charge is 0.261 e. The molecule has 0 spiro atoms. The summed E-state index contributed by atoms with van der Waals surface area (Å²) in [6.45, 7) is 6.01. The molecule has 3 aromatic rings. The Morgan fingerprint density at radius 1 is 1.26 bits per heavy atom. The number of aromatic nitrogens is 2. The van der Waals surface area contributed by atoms with Crippen molar-refractivity contribution in [1.29, 1.82) is 0 Å². The minimum absolute atomic E-state index is 0.183. The fraction of sp³-hybridized carbons (Fsp3) is 0.348. The van der Waals surface area contributed by atoms with Crippen LogP contribution in [0.15, 0.2) is 47.3 Å². The van der Waals surface area contributed by atoms with Crippen molar-refractivity contribution >= 4 is 29.0 Å². The molecule has 162 valence electrons. The molecule has 1 amide bonds. The molecule has 1 atom stereocenters. The molecule has 0 aliphatic carbocycles. The van der Waals surface area contributed by atoms with Crippen molar-refractivity contribution in [3.05, 3.63) is 74.3 Å². The molecule has 2 N–H and O–H groups in total. The van der Waals surface area contributed by atoms with Crippen LogP contribution in [0.5, 0.6) is 0 Å². The summed E-state index contributed by atoms with van der Waals surface area (Å²) in [5, 5.41) is 3.46. The molecule has 1 aromatic heterocycles. The monoisotopic (exact) mass is 438 g/mol. The molecule has 4 rings (SSSR count). The fourth-order valence-electron chi connectivity index (χ4n) is 3.86. The average molecular weight is 439 g/mol. The molecule has 0 saturated carbocycles. The number of fused-ring (bicyclic) bond motifs is 1. The average Bonchev–Trinajstić information content (AvgIpc) is 2.76. The van der Waals surface area contributed by atoms with Gasteiger partial charge in [-0.25, -0.2) is 0 Å². The molecule has 7 nitrogen and oxygen atoms in total. The number of aromatic amines is 1. The number of hydrogen-bond acceptors (Lipinski definition) is 5. The van der Waals surface area contributed by atoms with Crippen molar-refractivity contribution in [2.45, 2.75) is 26.1 Å². The zero-order chi connectivity index (χ0) is 22.0. The molecule has 0 radical (unpaired) electrons. The van der Waals surface area contributed by atoms with Gasteiger partial charge < -0.3 is 15.0 Å². The molecule has 1 aliphatic heterocycles. The Labute approximate surface area is 185 Å². The second-order valence-electron chi connectivity index (χ2n) is 7.97. The highest BCUT2D eigenvalue weighted by atomic mass is 32.1. The van der Waals surface area contributed by atoms with Crippen LogP contribution in [0.25, 0.3) is 10.9 Å². The zero-order valence-corrected chi connectivity index (χ0v) is 18.5. The van der Waals surface area contributed by atoms with Gasteiger partial charge in [-0.15, -0.1) is 0 Å². The number of nitrogens with zero attached hydrogens (tertiary/aromatic N) is 2. The summed E-state index contributed by atoms with van der Waals surface area (Å²) in [7, 11) is 1.62. The van der Waals surface area contributed by atoms with E-state index in [1.807, 2.05) is 12.1 Å². The van der Waals surface area contributed by atoms with Crippen LogP contribution in [0, 0.1) is 4.77 Å². The third-order valence-corrected chi connectivity index (χ3v) is 5.91. The summed E-state index contributed by atoms with van der Waals surface area (Å²) >= 11 is 5.17. The fourth-order valence-corrected chi connectivity index (χ4v) is 4.05. The topological polar surface area (TPSA) is 79.4 Å². The number of morpholine rings is 1. The Morgan fingerprint density at radius 3 is 2.87 bits per heavy atom. The van der Waals surface area contributed by atoms with Crippen LogP contribution in [0.2, 0.25) is 0 Å². The first-order chi connectivity index (χ1) is 14.9. The minimum atomic E-state index is -0.200. The molecule has 2 heterocycles. The number of H-pyrrole nitrogens is 1. The number of hydrogen-bond donors (Lipinski definition) is 2. The predicted octanol–water partition coefficient (Wildman–Crippen LogP) is 2.75. The lowest BCUT2D eigenvalue weighted by molar-refractivity contribution is -0.0212. The van der Waals surface area contributed by atoms with Crippen molar-refractivity contribution in [2.75, 3.05) is 19.7 Å². The number of ether oxygens (including phenoxy) is 1. The van der Waals surface area contributed by atoms with Gasteiger partial charge in [-0.1, -0.05) is 24.3 Å².